The van der Waals surface area contributed by atoms with Crippen molar-refractivity contribution in [2.75, 3.05) is 30.8 Å². The second-order valence-electron chi connectivity index (χ2n) is 3.84. The van der Waals surface area contributed by atoms with Gasteiger partial charge in [-0.25, -0.2) is 0 Å². The largest absolute Gasteiger partial charge is 0.382 e. The minimum atomic E-state index is -0.444. The van der Waals surface area contributed by atoms with Gasteiger partial charge in [-0.05, 0) is 19.1 Å². The molecule has 0 aliphatic heterocycles. The molecule has 7 nitrogen and oxygen atoms in total. The molecule has 0 unspecified atom stereocenters. The quantitative estimate of drug-likeness (QED) is 0.514. The van der Waals surface area contributed by atoms with E-state index in [0.717, 1.165) is 0 Å². The van der Waals surface area contributed by atoms with Gasteiger partial charge in [-0.2, -0.15) is 0 Å². The molecule has 104 valence electrons. The molecule has 19 heavy (non-hydrogen) atoms. The average molecular weight is 266 g/mol. The van der Waals surface area contributed by atoms with Crippen molar-refractivity contribution < 1.29 is 9.72 Å². The van der Waals surface area contributed by atoms with Gasteiger partial charge < -0.3 is 16.0 Å². The standard InChI is InChI=1S/C12H18N4O3/c1-3-14-11(17)7-8-15-10-6-4-5-9(13-2)12(10)16(18)19/h4-6,13,15H,3,7-8H2,1-2H3,(H,14,17). The second kappa shape index (κ2) is 7.20. The SMILES string of the molecule is CCNC(=O)CCNc1cccc(NC)c1[N+](=O)[O-]. The van der Waals surface area contributed by atoms with Gasteiger partial charge in [-0.3, -0.25) is 14.9 Å². The number of nitro benzene ring substituents is 1. The summed E-state index contributed by atoms with van der Waals surface area (Å²) < 4.78 is 0. The number of nitrogens with zero attached hydrogens (tertiary/aromatic N) is 1. The Hall–Kier alpha value is -2.31. The third kappa shape index (κ3) is 4.13. The summed E-state index contributed by atoms with van der Waals surface area (Å²) in [5, 5.41) is 19.4. The van der Waals surface area contributed by atoms with Gasteiger partial charge in [0.2, 0.25) is 5.91 Å². The van der Waals surface area contributed by atoms with Crippen LogP contribution in [0.15, 0.2) is 18.2 Å². The smallest absolute Gasteiger partial charge is 0.315 e. The minimum absolute atomic E-state index is 0.0131. The molecule has 1 aromatic rings. The predicted octanol–water partition coefficient (Wildman–Crippen LogP) is 1.57. The van der Waals surface area contributed by atoms with Gasteiger partial charge in [-0.1, -0.05) is 6.07 Å². The van der Waals surface area contributed by atoms with Crippen LogP contribution in [-0.4, -0.2) is 31.0 Å². The summed E-state index contributed by atoms with van der Waals surface area (Å²) in [5.74, 6) is -0.0811. The van der Waals surface area contributed by atoms with Crippen molar-refractivity contribution in [1.29, 1.82) is 0 Å². The number of para-hydroxylation sites is 1. The molecule has 0 heterocycles. The minimum Gasteiger partial charge on any atom is -0.382 e. The summed E-state index contributed by atoms with van der Waals surface area (Å²) in [5.41, 5.74) is 0.829. The van der Waals surface area contributed by atoms with Crippen LogP contribution in [0.5, 0.6) is 0 Å². The van der Waals surface area contributed by atoms with Crippen molar-refractivity contribution in [3.8, 4) is 0 Å². The van der Waals surface area contributed by atoms with Gasteiger partial charge in [0.05, 0.1) is 4.92 Å². The first-order chi connectivity index (χ1) is 9.10. The highest BCUT2D eigenvalue weighted by atomic mass is 16.6. The number of anilines is 2. The van der Waals surface area contributed by atoms with Crippen LogP contribution >= 0.6 is 0 Å². The molecular formula is C12H18N4O3. The van der Waals surface area contributed by atoms with Gasteiger partial charge in [0.1, 0.15) is 11.4 Å². The van der Waals surface area contributed by atoms with Gasteiger partial charge in [0, 0.05) is 26.6 Å². The summed E-state index contributed by atoms with van der Waals surface area (Å²) in [7, 11) is 1.63. The number of carbonyl (C=O) groups is 1. The molecule has 0 fully saturated rings. The van der Waals surface area contributed by atoms with E-state index in [-0.39, 0.29) is 18.0 Å². The fourth-order valence-electron chi connectivity index (χ4n) is 1.68. The predicted molar refractivity (Wildman–Crippen MR) is 74.4 cm³/mol. The second-order valence-corrected chi connectivity index (χ2v) is 3.84. The van der Waals surface area contributed by atoms with E-state index in [1.807, 2.05) is 6.92 Å². The topological polar surface area (TPSA) is 96.3 Å². The molecule has 1 rings (SSSR count). The first-order valence-electron chi connectivity index (χ1n) is 6.05. The number of rotatable bonds is 7. The highest BCUT2D eigenvalue weighted by Gasteiger charge is 2.18. The summed E-state index contributed by atoms with van der Waals surface area (Å²) in [6.07, 6.45) is 0.273. The van der Waals surface area contributed by atoms with E-state index < -0.39 is 4.92 Å². The number of hydrogen-bond donors (Lipinski definition) is 3. The third-order valence-corrected chi connectivity index (χ3v) is 2.53. The van der Waals surface area contributed by atoms with E-state index in [9.17, 15) is 14.9 Å². The molecule has 0 bridgehead atoms. The number of nitro groups is 1. The maximum atomic E-state index is 11.3. The highest BCUT2D eigenvalue weighted by molar-refractivity contribution is 5.78. The molecule has 0 radical (unpaired) electrons. The summed E-state index contributed by atoms with van der Waals surface area (Å²) in [6.45, 7) is 2.76. The molecule has 0 saturated heterocycles. The van der Waals surface area contributed by atoms with Crippen molar-refractivity contribution in [3.63, 3.8) is 0 Å². The van der Waals surface area contributed by atoms with E-state index >= 15 is 0 Å². The van der Waals surface area contributed by atoms with Crippen molar-refractivity contribution >= 4 is 23.0 Å². The summed E-state index contributed by atoms with van der Waals surface area (Å²) in [4.78, 5) is 21.9. The van der Waals surface area contributed by atoms with Gasteiger partial charge in [-0.15, -0.1) is 0 Å². The van der Waals surface area contributed by atoms with E-state index in [4.69, 9.17) is 0 Å². The zero-order valence-corrected chi connectivity index (χ0v) is 11.0. The van der Waals surface area contributed by atoms with Gasteiger partial charge >= 0.3 is 5.69 Å². The number of hydrogen-bond acceptors (Lipinski definition) is 5. The normalized spacial score (nSPS) is 9.79. The Morgan fingerprint density at radius 2 is 2.05 bits per heavy atom. The fraction of sp³-hybridized carbons (Fsp3) is 0.417. The molecule has 1 amide bonds. The molecule has 0 aromatic heterocycles. The molecule has 0 aliphatic rings. The maximum absolute atomic E-state index is 11.3. The third-order valence-electron chi connectivity index (χ3n) is 2.53. The van der Waals surface area contributed by atoms with Crippen LogP contribution in [0.25, 0.3) is 0 Å². The van der Waals surface area contributed by atoms with Crippen LogP contribution in [0.1, 0.15) is 13.3 Å². The molecule has 7 heteroatoms. The lowest BCUT2D eigenvalue weighted by atomic mass is 10.2. The van der Waals surface area contributed by atoms with E-state index in [2.05, 4.69) is 16.0 Å². The molecule has 0 saturated carbocycles. The van der Waals surface area contributed by atoms with Gasteiger partial charge in [0.25, 0.3) is 0 Å². The Labute approximate surface area is 111 Å². The lowest BCUT2D eigenvalue weighted by molar-refractivity contribution is -0.383. The number of carbonyl (C=O) groups excluding carboxylic acids is 1. The van der Waals surface area contributed by atoms with Crippen molar-refractivity contribution in [1.82, 2.24) is 5.32 Å². The van der Waals surface area contributed by atoms with Crippen LogP contribution in [-0.2, 0) is 4.79 Å². The summed E-state index contributed by atoms with van der Waals surface area (Å²) >= 11 is 0. The number of amides is 1. The zero-order chi connectivity index (χ0) is 14.3. The van der Waals surface area contributed by atoms with Crippen LogP contribution in [0.3, 0.4) is 0 Å². The van der Waals surface area contributed by atoms with Crippen LogP contribution in [0, 0.1) is 10.1 Å². The van der Waals surface area contributed by atoms with Crippen molar-refractivity contribution in [2.45, 2.75) is 13.3 Å². The van der Waals surface area contributed by atoms with Crippen molar-refractivity contribution in [2.24, 2.45) is 0 Å². The average Bonchev–Trinajstić information content (AvgIpc) is 2.38. The first kappa shape index (κ1) is 14.7. The molecule has 0 aliphatic carbocycles. The highest BCUT2D eigenvalue weighted by Crippen LogP contribution is 2.32. The molecular weight excluding hydrogens is 248 g/mol. The molecule has 0 atom stereocenters. The molecule has 1 aromatic carbocycles. The maximum Gasteiger partial charge on any atom is 0.315 e. The molecule has 3 N–H and O–H groups in total. The lowest BCUT2D eigenvalue weighted by Gasteiger charge is -2.09. The summed E-state index contributed by atoms with van der Waals surface area (Å²) in [6, 6.07) is 4.97. The zero-order valence-electron chi connectivity index (χ0n) is 11.0. The van der Waals surface area contributed by atoms with Crippen LogP contribution < -0.4 is 16.0 Å². The Morgan fingerprint density at radius 3 is 2.63 bits per heavy atom. The Kier molecular flexibility index (Phi) is 5.59. The van der Waals surface area contributed by atoms with E-state index in [1.54, 1.807) is 25.2 Å². The molecule has 0 spiro atoms. The van der Waals surface area contributed by atoms with Crippen LogP contribution in [0.2, 0.25) is 0 Å². The monoisotopic (exact) mass is 266 g/mol. The first-order valence-corrected chi connectivity index (χ1v) is 6.05. The Morgan fingerprint density at radius 1 is 1.37 bits per heavy atom. The Balaban J connectivity index is 2.73. The van der Waals surface area contributed by atoms with Gasteiger partial charge in [0.15, 0.2) is 0 Å². The van der Waals surface area contributed by atoms with Crippen LogP contribution in [0.4, 0.5) is 17.1 Å². The lowest BCUT2D eigenvalue weighted by Crippen LogP contribution is -2.24. The Bertz CT molecular complexity index is 462. The number of benzene rings is 1. The van der Waals surface area contributed by atoms with E-state index in [1.165, 1.54) is 0 Å². The van der Waals surface area contributed by atoms with Crippen molar-refractivity contribution in [3.05, 3.63) is 28.3 Å². The fourth-order valence-corrected chi connectivity index (χ4v) is 1.68. The van der Waals surface area contributed by atoms with E-state index in [0.29, 0.717) is 24.5 Å². The number of nitrogens with one attached hydrogen (secondary N) is 3.